The molecule has 2 aromatic carbocycles. The van der Waals surface area contributed by atoms with Crippen molar-refractivity contribution < 1.29 is 4.74 Å². The summed E-state index contributed by atoms with van der Waals surface area (Å²) in [6, 6.07) is 9.95. The van der Waals surface area contributed by atoms with Crippen LogP contribution in [-0.4, -0.2) is 7.11 Å². The second-order valence-corrected chi connectivity index (χ2v) is 5.63. The van der Waals surface area contributed by atoms with Gasteiger partial charge in [-0.3, -0.25) is 5.84 Å². The molecule has 0 bridgehead atoms. The second kappa shape index (κ2) is 6.48. The van der Waals surface area contributed by atoms with Gasteiger partial charge in [0.2, 0.25) is 0 Å². The minimum atomic E-state index is -0.151. The summed E-state index contributed by atoms with van der Waals surface area (Å²) in [4.78, 5) is 0. The van der Waals surface area contributed by atoms with Crippen molar-refractivity contribution in [2.75, 3.05) is 7.11 Å². The van der Waals surface area contributed by atoms with Gasteiger partial charge in [0.1, 0.15) is 5.75 Å². The summed E-state index contributed by atoms with van der Waals surface area (Å²) in [5.74, 6) is 6.68. The van der Waals surface area contributed by atoms with Crippen molar-refractivity contribution in [3.63, 3.8) is 0 Å². The Labute approximate surface area is 131 Å². The Balaban J connectivity index is 2.57. The van der Waals surface area contributed by atoms with Crippen molar-refractivity contribution in [3.8, 4) is 5.75 Å². The lowest BCUT2D eigenvalue weighted by Crippen LogP contribution is -2.29. The highest BCUT2D eigenvalue weighted by molar-refractivity contribution is 6.32. The molecule has 0 saturated carbocycles. The van der Waals surface area contributed by atoms with Gasteiger partial charge in [-0.15, -0.1) is 0 Å². The van der Waals surface area contributed by atoms with Crippen LogP contribution in [0.5, 0.6) is 5.75 Å². The third-order valence-electron chi connectivity index (χ3n) is 3.79. The fourth-order valence-corrected chi connectivity index (χ4v) is 2.82. The molecule has 0 saturated heterocycles. The quantitative estimate of drug-likeness (QED) is 0.666. The first-order chi connectivity index (χ1) is 9.99. The number of hydrogen-bond donors (Lipinski definition) is 2. The Morgan fingerprint density at radius 3 is 2.38 bits per heavy atom. The van der Waals surface area contributed by atoms with Crippen LogP contribution in [0.4, 0.5) is 0 Å². The van der Waals surface area contributed by atoms with Crippen LogP contribution in [0, 0.1) is 20.8 Å². The van der Waals surface area contributed by atoms with Crippen molar-refractivity contribution in [2.45, 2.75) is 26.8 Å². The predicted octanol–water partition coefficient (Wildman–Crippen LogP) is 3.83. The van der Waals surface area contributed by atoms with Gasteiger partial charge in [-0.05, 0) is 54.7 Å². The van der Waals surface area contributed by atoms with Crippen LogP contribution in [0.2, 0.25) is 5.02 Å². The topological polar surface area (TPSA) is 47.3 Å². The molecule has 3 nitrogen and oxygen atoms in total. The molecule has 1 unspecified atom stereocenters. The Hall–Kier alpha value is -1.55. The molecule has 4 heteroatoms. The van der Waals surface area contributed by atoms with Crippen LogP contribution in [-0.2, 0) is 0 Å². The standard InChI is InChI=1S/C17H21ClN2O/c1-10-6-5-7-13(16(10)18)17(20-19)14-8-12(3)15(21-4)9-11(14)2/h5-9,17,20H,19H2,1-4H3. The first kappa shape index (κ1) is 15.8. The van der Waals surface area contributed by atoms with E-state index >= 15 is 0 Å². The molecule has 0 amide bonds. The van der Waals surface area contributed by atoms with Gasteiger partial charge in [0, 0.05) is 5.02 Å². The average molecular weight is 305 g/mol. The number of nitrogens with two attached hydrogens (primary N) is 1. The molecule has 0 fully saturated rings. The Morgan fingerprint density at radius 1 is 1.05 bits per heavy atom. The van der Waals surface area contributed by atoms with Crippen molar-refractivity contribution in [2.24, 2.45) is 5.84 Å². The smallest absolute Gasteiger partial charge is 0.122 e. The first-order valence-corrected chi connectivity index (χ1v) is 7.23. The Morgan fingerprint density at radius 2 is 1.76 bits per heavy atom. The fourth-order valence-electron chi connectivity index (χ4n) is 2.58. The van der Waals surface area contributed by atoms with E-state index in [-0.39, 0.29) is 6.04 Å². The number of rotatable bonds is 4. The van der Waals surface area contributed by atoms with Crippen molar-refractivity contribution in [1.82, 2.24) is 5.43 Å². The molecule has 0 radical (unpaired) electrons. The van der Waals surface area contributed by atoms with Crippen molar-refractivity contribution >= 4 is 11.6 Å². The van der Waals surface area contributed by atoms with Gasteiger partial charge in [0.25, 0.3) is 0 Å². The largest absolute Gasteiger partial charge is 0.496 e. The molecule has 2 rings (SSSR count). The number of aryl methyl sites for hydroxylation is 3. The van der Waals surface area contributed by atoms with Crippen LogP contribution in [0.15, 0.2) is 30.3 Å². The van der Waals surface area contributed by atoms with Crippen LogP contribution in [0.25, 0.3) is 0 Å². The summed E-state index contributed by atoms with van der Waals surface area (Å²) in [6.45, 7) is 6.06. The highest BCUT2D eigenvalue weighted by atomic mass is 35.5. The minimum Gasteiger partial charge on any atom is -0.496 e. The summed E-state index contributed by atoms with van der Waals surface area (Å²) < 4.78 is 5.37. The van der Waals surface area contributed by atoms with E-state index in [1.54, 1.807) is 7.11 Å². The van der Waals surface area contributed by atoms with Crippen LogP contribution >= 0.6 is 11.6 Å². The molecule has 1 atom stereocenters. The van der Waals surface area contributed by atoms with Gasteiger partial charge in [0.15, 0.2) is 0 Å². The maximum absolute atomic E-state index is 6.45. The summed E-state index contributed by atoms with van der Waals surface area (Å²) in [5.41, 5.74) is 8.18. The molecular weight excluding hydrogens is 284 g/mol. The number of nitrogens with one attached hydrogen (secondary N) is 1. The molecule has 21 heavy (non-hydrogen) atoms. The number of halogens is 1. The van der Waals surface area contributed by atoms with E-state index < -0.39 is 0 Å². The van der Waals surface area contributed by atoms with E-state index in [0.717, 1.165) is 38.6 Å². The Kier molecular flexibility index (Phi) is 4.88. The number of ether oxygens (including phenoxy) is 1. The third kappa shape index (κ3) is 3.05. The molecule has 0 heterocycles. The van der Waals surface area contributed by atoms with Crippen molar-refractivity contribution in [3.05, 3.63) is 63.2 Å². The molecule has 0 aromatic heterocycles. The highest BCUT2D eigenvalue weighted by Gasteiger charge is 2.19. The van der Waals surface area contributed by atoms with E-state index in [4.69, 9.17) is 22.2 Å². The van der Waals surface area contributed by atoms with E-state index in [1.165, 1.54) is 0 Å². The SMILES string of the molecule is COc1cc(C)c(C(NN)c2cccc(C)c2Cl)cc1C. The first-order valence-electron chi connectivity index (χ1n) is 6.85. The lowest BCUT2D eigenvalue weighted by molar-refractivity contribution is 0.411. The zero-order valence-corrected chi connectivity index (χ0v) is 13.6. The Bertz CT molecular complexity index is 655. The molecule has 0 aliphatic carbocycles. The zero-order chi connectivity index (χ0) is 15.6. The predicted molar refractivity (Wildman–Crippen MR) is 87.8 cm³/mol. The maximum atomic E-state index is 6.45. The van der Waals surface area contributed by atoms with Gasteiger partial charge in [-0.1, -0.05) is 35.9 Å². The van der Waals surface area contributed by atoms with Crippen molar-refractivity contribution in [1.29, 1.82) is 0 Å². The van der Waals surface area contributed by atoms with E-state index in [0.29, 0.717) is 0 Å². The second-order valence-electron chi connectivity index (χ2n) is 5.26. The molecular formula is C17H21ClN2O. The average Bonchev–Trinajstić information content (AvgIpc) is 2.47. The van der Waals surface area contributed by atoms with E-state index in [2.05, 4.69) is 11.5 Å². The fraction of sp³-hybridized carbons (Fsp3) is 0.294. The monoisotopic (exact) mass is 304 g/mol. The summed E-state index contributed by atoms with van der Waals surface area (Å²) in [7, 11) is 1.68. The van der Waals surface area contributed by atoms with E-state index in [9.17, 15) is 0 Å². The summed E-state index contributed by atoms with van der Waals surface area (Å²) >= 11 is 6.45. The van der Waals surface area contributed by atoms with Crippen LogP contribution in [0.1, 0.15) is 33.9 Å². The summed E-state index contributed by atoms with van der Waals surface area (Å²) in [6.07, 6.45) is 0. The number of benzene rings is 2. The van der Waals surface area contributed by atoms with Crippen LogP contribution < -0.4 is 16.0 Å². The number of methoxy groups -OCH3 is 1. The molecule has 3 N–H and O–H groups in total. The van der Waals surface area contributed by atoms with Gasteiger partial charge in [-0.2, -0.15) is 0 Å². The van der Waals surface area contributed by atoms with Gasteiger partial charge < -0.3 is 4.74 Å². The summed E-state index contributed by atoms with van der Waals surface area (Å²) in [5, 5.41) is 0.744. The zero-order valence-electron chi connectivity index (χ0n) is 12.8. The number of hydrogen-bond acceptors (Lipinski definition) is 3. The maximum Gasteiger partial charge on any atom is 0.122 e. The lowest BCUT2D eigenvalue weighted by atomic mass is 9.92. The van der Waals surface area contributed by atoms with E-state index in [1.807, 2.05) is 45.0 Å². The minimum absolute atomic E-state index is 0.151. The molecule has 0 spiro atoms. The molecule has 112 valence electrons. The van der Waals surface area contributed by atoms with Gasteiger partial charge in [-0.25, -0.2) is 5.43 Å². The molecule has 0 aliphatic rings. The highest BCUT2D eigenvalue weighted by Crippen LogP contribution is 2.34. The van der Waals surface area contributed by atoms with Crippen LogP contribution in [0.3, 0.4) is 0 Å². The normalized spacial score (nSPS) is 12.3. The third-order valence-corrected chi connectivity index (χ3v) is 4.31. The molecule has 2 aromatic rings. The van der Waals surface area contributed by atoms with Gasteiger partial charge >= 0.3 is 0 Å². The van der Waals surface area contributed by atoms with Gasteiger partial charge in [0.05, 0.1) is 13.2 Å². The molecule has 0 aliphatic heterocycles. The lowest BCUT2D eigenvalue weighted by Gasteiger charge is -2.22. The number of hydrazine groups is 1.